The summed E-state index contributed by atoms with van der Waals surface area (Å²) in [6.45, 7) is 20.5. The third kappa shape index (κ3) is 5.58. The minimum atomic E-state index is 0.317. The second-order valence-corrected chi connectivity index (χ2v) is 13.9. The molecule has 0 radical (unpaired) electrons. The van der Waals surface area contributed by atoms with Crippen LogP contribution in [0.15, 0.2) is 89.5 Å². The average Bonchev–Trinajstić information content (AvgIpc) is 3.39. The Morgan fingerprint density at radius 1 is 0.622 bits per heavy atom. The molecule has 6 rings (SSSR count). The van der Waals surface area contributed by atoms with E-state index in [-0.39, 0.29) is 0 Å². The van der Waals surface area contributed by atoms with Gasteiger partial charge in [-0.05, 0) is 94.2 Å². The van der Waals surface area contributed by atoms with Crippen LogP contribution < -0.4 is 0 Å². The summed E-state index contributed by atoms with van der Waals surface area (Å²) in [5.41, 5.74) is 13.4. The predicted molar refractivity (Wildman–Crippen MR) is 191 cm³/mol. The number of furan rings is 1. The summed E-state index contributed by atoms with van der Waals surface area (Å²) in [4.78, 5) is 10.2. The van der Waals surface area contributed by atoms with Crippen LogP contribution in [0.3, 0.4) is 0 Å². The lowest BCUT2D eigenvalue weighted by atomic mass is 9.79. The molecule has 3 aromatic carbocycles. The summed E-state index contributed by atoms with van der Waals surface area (Å²) >= 11 is 0. The number of aryl methyl sites for hydroxylation is 1. The lowest BCUT2D eigenvalue weighted by molar-refractivity contribution is 0.385. The van der Waals surface area contributed by atoms with Crippen molar-refractivity contribution < 1.29 is 4.42 Å². The molecule has 0 fully saturated rings. The van der Waals surface area contributed by atoms with Gasteiger partial charge < -0.3 is 4.42 Å². The summed E-state index contributed by atoms with van der Waals surface area (Å²) in [6.07, 6.45) is 2.09. The van der Waals surface area contributed by atoms with Crippen molar-refractivity contribution in [3.8, 4) is 33.6 Å². The highest BCUT2D eigenvalue weighted by Crippen LogP contribution is 2.43. The van der Waals surface area contributed by atoms with Crippen molar-refractivity contribution in [2.75, 3.05) is 0 Å². The molecule has 0 unspecified atom stereocenters. The molecule has 0 aliphatic carbocycles. The normalized spacial score (nSPS) is 12.2. The fourth-order valence-electron chi connectivity index (χ4n) is 7.44. The fraction of sp³-hybridized carbons (Fsp3) is 0.333. The first-order valence-electron chi connectivity index (χ1n) is 16.6. The van der Waals surface area contributed by atoms with Gasteiger partial charge in [0.15, 0.2) is 0 Å². The van der Waals surface area contributed by atoms with Gasteiger partial charge >= 0.3 is 0 Å². The molecule has 3 heteroatoms. The summed E-state index contributed by atoms with van der Waals surface area (Å²) in [5, 5.41) is 2.10. The zero-order chi connectivity index (χ0) is 32.0. The van der Waals surface area contributed by atoms with Crippen LogP contribution in [0.5, 0.6) is 0 Å². The minimum Gasteiger partial charge on any atom is -0.437 e. The minimum absolute atomic E-state index is 0.317. The van der Waals surface area contributed by atoms with Crippen molar-refractivity contribution in [2.24, 2.45) is 11.8 Å². The molecule has 0 saturated heterocycles. The van der Waals surface area contributed by atoms with Crippen molar-refractivity contribution >= 4 is 22.1 Å². The maximum Gasteiger partial charge on any atom is 0.227 e. The Bertz CT molecular complexity index is 1970. The lowest BCUT2D eigenvalue weighted by Crippen LogP contribution is -2.15. The van der Waals surface area contributed by atoms with E-state index in [1.165, 1.54) is 38.9 Å². The third-order valence-corrected chi connectivity index (χ3v) is 9.41. The molecule has 3 nitrogen and oxygen atoms in total. The van der Waals surface area contributed by atoms with Crippen molar-refractivity contribution in [3.63, 3.8) is 0 Å². The van der Waals surface area contributed by atoms with E-state index in [4.69, 9.17) is 14.4 Å². The van der Waals surface area contributed by atoms with E-state index < -0.39 is 0 Å². The molecule has 0 amide bonds. The number of hydrogen-bond donors (Lipinski definition) is 0. The van der Waals surface area contributed by atoms with Gasteiger partial charge in [-0.3, -0.25) is 4.98 Å². The largest absolute Gasteiger partial charge is 0.437 e. The molecule has 0 atom stereocenters. The van der Waals surface area contributed by atoms with Gasteiger partial charge in [0, 0.05) is 28.1 Å². The Labute approximate surface area is 268 Å². The molecular formula is C42H46N2O. The number of para-hydroxylation sites is 1. The molecule has 0 spiro atoms. The molecule has 0 bridgehead atoms. The van der Waals surface area contributed by atoms with Crippen molar-refractivity contribution in [1.82, 2.24) is 9.97 Å². The van der Waals surface area contributed by atoms with Crippen molar-refractivity contribution in [2.45, 2.75) is 80.1 Å². The predicted octanol–water partition coefficient (Wildman–Crippen LogP) is 12.3. The third-order valence-electron chi connectivity index (χ3n) is 9.41. The maximum absolute atomic E-state index is 6.66. The molecule has 0 aliphatic rings. The first-order chi connectivity index (χ1) is 21.6. The first-order valence-corrected chi connectivity index (χ1v) is 16.6. The second-order valence-electron chi connectivity index (χ2n) is 13.9. The van der Waals surface area contributed by atoms with Crippen LogP contribution in [-0.2, 0) is 0 Å². The molecule has 3 heterocycles. The van der Waals surface area contributed by atoms with E-state index in [0.717, 1.165) is 33.3 Å². The van der Waals surface area contributed by atoms with Gasteiger partial charge in [-0.2, -0.15) is 0 Å². The number of hydrogen-bond acceptors (Lipinski definition) is 3. The van der Waals surface area contributed by atoms with Crippen LogP contribution in [0.4, 0.5) is 0 Å². The van der Waals surface area contributed by atoms with Crippen LogP contribution >= 0.6 is 0 Å². The molecule has 0 N–H and O–H groups in total. The first kappa shape index (κ1) is 30.8. The maximum atomic E-state index is 6.66. The Morgan fingerprint density at radius 2 is 1.36 bits per heavy atom. The van der Waals surface area contributed by atoms with Gasteiger partial charge in [-0.25, -0.2) is 4.98 Å². The van der Waals surface area contributed by atoms with Crippen molar-refractivity contribution in [3.05, 3.63) is 107 Å². The Hall–Kier alpha value is -4.24. The Morgan fingerprint density at radius 3 is 2.00 bits per heavy atom. The fourth-order valence-corrected chi connectivity index (χ4v) is 7.44. The van der Waals surface area contributed by atoms with E-state index in [0.29, 0.717) is 35.3 Å². The van der Waals surface area contributed by atoms with Gasteiger partial charge in [0.1, 0.15) is 5.58 Å². The molecule has 230 valence electrons. The number of rotatable bonds is 8. The summed E-state index contributed by atoms with van der Waals surface area (Å²) in [7, 11) is 0. The van der Waals surface area contributed by atoms with Crippen LogP contribution in [0.25, 0.3) is 55.7 Å². The zero-order valence-electron chi connectivity index (χ0n) is 28.3. The van der Waals surface area contributed by atoms with Gasteiger partial charge in [0.25, 0.3) is 0 Å². The zero-order valence-corrected chi connectivity index (χ0v) is 28.3. The van der Waals surface area contributed by atoms with Crippen LogP contribution in [-0.4, -0.2) is 9.97 Å². The van der Waals surface area contributed by atoms with E-state index >= 15 is 0 Å². The van der Waals surface area contributed by atoms with E-state index in [9.17, 15) is 0 Å². The van der Waals surface area contributed by atoms with E-state index in [1.807, 2.05) is 0 Å². The SMILES string of the molecule is Cc1cc(-c2cccc3c2oc2nc(-c4c(C(C)C)ccc(-c5ccccc5)c4C(C)C)ccc23)ncc1C(C(C)C)C(C)C. The number of nitrogens with zero attached hydrogens (tertiary/aromatic N) is 2. The monoisotopic (exact) mass is 594 g/mol. The summed E-state index contributed by atoms with van der Waals surface area (Å²) < 4.78 is 6.66. The Balaban J connectivity index is 1.52. The quantitative estimate of drug-likeness (QED) is 0.176. The van der Waals surface area contributed by atoms with Crippen LogP contribution in [0, 0.1) is 18.8 Å². The highest BCUT2D eigenvalue weighted by Gasteiger charge is 2.24. The van der Waals surface area contributed by atoms with E-state index in [2.05, 4.69) is 147 Å². The number of benzene rings is 3. The highest BCUT2D eigenvalue weighted by atomic mass is 16.3. The standard InChI is InChI=1S/C42H46N2O/c1-24(2)30-18-19-31(29-14-11-10-12-15-29)39(27(7)8)40(30)36-21-20-33-32-16-13-17-34(41(32)45-42(33)44-36)37-22-28(9)35(23-43-37)38(25(3)4)26(5)6/h10-27,38H,1-9H3. The molecule has 6 aromatic rings. The molecule has 3 aromatic heterocycles. The average molecular weight is 595 g/mol. The topological polar surface area (TPSA) is 38.9 Å². The summed E-state index contributed by atoms with van der Waals surface area (Å²) in [5.74, 6) is 2.25. The Kier molecular flexibility index (Phi) is 8.39. The molecule has 45 heavy (non-hydrogen) atoms. The van der Waals surface area contributed by atoms with Crippen molar-refractivity contribution in [1.29, 1.82) is 0 Å². The second kappa shape index (κ2) is 12.3. The number of fused-ring (bicyclic) bond motifs is 3. The molecule has 0 aliphatic heterocycles. The van der Waals surface area contributed by atoms with Gasteiger partial charge in [-0.15, -0.1) is 0 Å². The van der Waals surface area contributed by atoms with Gasteiger partial charge in [0.2, 0.25) is 5.71 Å². The van der Waals surface area contributed by atoms with Gasteiger partial charge in [0.05, 0.1) is 11.4 Å². The van der Waals surface area contributed by atoms with Crippen LogP contribution in [0.1, 0.15) is 95.4 Å². The number of aromatic nitrogens is 2. The smallest absolute Gasteiger partial charge is 0.227 e. The van der Waals surface area contributed by atoms with Crippen LogP contribution in [0.2, 0.25) is 0 Å². The molecular weight excluding hydrogens is 548 g/mol. The van der Waals surface area contributed by atoms with E-state index in [1.54, 1.807) is 0 Å². The van der Waals surface area contributed by atoms with Gasteiger partial charge in [-0.1, -0.05) is 110 Å². The highest BCUT2D eigenvalue weighted by molar-refractivity contribution is 6.08. The molecule has 0 saturated carbocycles. The lowest BCUT2D eigenvalue weighted by Gasteiger charge is -2.26. The number of pyridine rings is 2. The summed E-state index contributed by atoms with van der Waals surface area (Å²) in [6, 6.07) is 28.2.